The van der Waals surface area contributed by atoms with Crippen LogP contribution in [0.3, 0.4) is 0 Å². The number of carbonyl (C=O) groups is 6. The van der Waals surface area contributed by atoms with E-state index >= 15 is 0 Å². The molecule has 8 aromatic rings. The highest BCUT2D eigenvalue weighted by Gasteiger charge is 2.43. The molecule has 1 aliphatic rings. The Labute approximate surface area is 637 Å². The molecule has 0 spiro atoms. The number of benzene rings is 3. The number of aromatic nitrogens is 2. The summed E-state index contributed by atoms with van der Waals surface area (Å²) in [7, 11) is 0. The molecular weight excluding hydrogens is 1400 g/mol. The lowest BCUT2D eigenvalue weighted by Crippen LogP contribution is -2.26. The van der Waals surface area contributed by atoms with Gasteiger partial charge in [0, 0.05) is 94.1 Å². The van der Waals surface area contributed by atoms with E-state index in [0.29, 0.717) is 78.2 Å². The number of ether oxygens (including phenoxy) is 6. The van der Waals surface area contributed by atoms with Gasteiger partial charge in [0.05, 0.1) is 51.4 Å². The molecule has 104 heavy (non-hydrogen) atoms. The van der Waals surface area contributed by atoms with Crippen LogP contribution in [-0.4, -0.2) is 84.2 Å². The number of unbranched alkanes of at least 4 members (excludes halogenated alkanes) is 12. The average Bonchev–Trinajstić information content (AvgIpc) is 1.56. The van der Waals surface area contributed by atoms with Crippen molar-refractivity contribution < 1.29 is 57.2 Å². The third-order valence-corrected chi connectivity index (χ3v) is 25.2. The van der Waals surface area contributed by atoms with Crippen molar-refractivity contribution in [1.82, 2.24) is 8.75 Å². The van der Waals surface area contributed by atoms with Gasteiger partial charge in [-0.05, 0) is 239 Å². The van der Waals surface area contributed by atoms with Crippen molar-refractivity contribution in [2.45, 2.75) is 253 Å². The van der Waals surface area contributed by atoms with Gasteiger partial charge in [-0.1, -0.05) is 99.4 Å². The number of hydrogen-bond acceptors (Lipinski definition) is 19. The van der Waals surface area contributed by atoms with Gasteiger partial charge in [0.15, 0.2) is 0 Å². The molecule has 0 amide bonds. The van der Waals surface area contributed by atoms with E-state index in [-0.39, 0.29) is 41.2 Å². The zero-order valence-corrected chi connectivity index (χ0v) is 66.8. The summed E-state index contributed by atoms with van der Waals surface area (Å²) in [5.74, 6) is -0.886. The predicted octanol–water partition coefficient (Wildman–Crippen LogP) is 22.8. The Kier molecular flexibility index (Phi) is 32.7. The lowest BCUT2D eigenvalue weighted by Gasteiger charge is -2.33. The molecule has 0 atom stereocenters. The second kappa shape index (κ2) is 41.9. The van der Waals surface area contributed by atoms with Crippen LogP contribution in [0.25, 0.3) is 73.0 Å². The standard InChI is InChI=1S/C85H108N2O12S5/c1-9-94-73(88)37-25-15-21-33-60-52-58(8)100-81(60)82-62(35-23-17-27-39-75(90)96-11-3)55-71(102-82)66-47-48-67(80-79(66)86-104-87-80)72-56-63(36-24-18-28-40-76(91)97-12-4)84(103-72)83-61(34-22-16-26-38-74(89)95-10-2)54-70(101-83)59-44-46-65-64-45-43-57(7)51-68(64)85(69(65)53-59,49-31-19-29-41-77(92)98-13-5)50-32-20-30-42-78(93)99-14-6/h43-48,51-56H,9-42,49-50H2,1-8H3. The first-order valence-corrected chi connectivity index (χ1v) is 42.6. The Bertz CT molecular complexity index is 4100. The third kappa shape index (κ3) is 22.4. The first-order valence-electron chi connectivity index (χ1n) is 38.6. The molecule has 0 saturated carbocycles. The van der Waals surface area contributed by atoms with Crippen molar-refractivity contribution in [2.75, 3.05) is 39.6 Å². The van der Waals surface area contributed by atoms with E-state index in [9.17, 15) is 28.8 Å². The van der Waals surface area contributed by atoms with E-state index in [2.05, 4.69) is 86.6 Å². The van der Waals surface area contributed by atoms with Crippen LogP contribution in [0.1, 0.15) is 252 Å². The summed E-state index contributed by atoms with van der Waals surface area (Å²) in [6, 6.07) is 28.2. The summed E-state index contributed by atoms with van der Waals surface area (Å²) in [6.07, 6.45) is 23.4. The molecule has 0 fully saturated rings. The summed E-state index contributed by atoms with van der Waals surface area (Å²) >= 11 is 8.63. The highest BCUT2D eigenvalue weighted by Crippen LogP contribution is 2.57. The van der Waals surface area contributed by atoms with Crippen molar-refractivity contribution in [2.24, 2.45) is 0 Å². The highest BCUT2D eigenvalue weighted by molar-refractivity contribution is 7.26. The SMILES string of the molecule is CCOC(=O)CCCCCc1cc(C)sc1-c1sc(-c2ccc(-c3cc(CCCCCC(=O)OCC)c(-c4sc(-c5ccc6c(c5)C(CCCCCC(=O)OCC)(CCCCCC(=O)OCC)c5cc(C)ccc5-6)cc4CCCCCC(=O)OCC)s3)c3nsnc23)cc1CCCCCC(=O)OCC. The van der Waals surface area contributed by atoms with Crippen molar-refractivity contribution in [3.63, 3.8) is 0 Å². The maximum absolute atomic E-state index is 12.6. The van der Waals surface area contributed by atoms with E-state index in [1.54, 1.807) is 0 Å². The van der Waals surface area contributed by atoms with Crippen LogP contribution in [0, 0.1) is 13.8 Å². The van der Waals surface area contributed by atoms with Crippen molar-refractivity contribution in [3.05, 3.63) is 117 Å². The van der Waals surface area contributed by atoms with Gasteiger partial charge in [-0.3, -0.25) is 28.8 Å². The van der Waals surface area contributed by atoms with Gasteiger partial charge in [0.25, 0.3) is 0 Å². The number of carbonyl (C=O) groups excluding carboxylic acids is 6. The molecule has 0 unspecified atom stereocenters. The molecule has 9 rings (SSSR count). The molecule has 0 N–H and O–H groups in total. The van der Waals surface area contributed by atoms with Crippen LogP contribution in [-0.2, 0) is 88.3 Å². The van der Waals surface area contributed by atoms with Crippen molar-refractivity contribution in [1.29, 1.82) is 0 Å². The van der Waals surface area contributed by atoms with Gasteiger partial charge in [-0.15, -0.1) is 45.3 Å². The molecule has 14 nitrogen and oxygen atoms in total. The molecule has 0 radical (unpaired) electrons. The topological polar surface area (TPSA) is 184 Å². The summed E-state index contributed by atoms with van der Waals surface area (Å²) in [5.41, 5.74) is 16.4. The van der Waals surface area contributed by atoms with Crippen LogP contribution >= 0.6 is 57.1 Å². The van der Waals surface area contributed by atoms with Gasteiger partial charge in [0.2, 0.25) is 0 Å². The zero-order chi connectivity index (χ0) is 73.8. The van der Waals surface area contributed by atoms with Crippen LogP contribution < -0.4 is 0 Å². The molecule has 1 aliphatic carbocycles. The molecule has 0 bridgehead atoms. The second-order valence-corrected chi connectivity index (χ2v) is 32.3. The zero-order valence-electron chi connectivity index (χ0n) is 62.7. The van der Waals surface area contributed by atoms with Gasteiger partial charge in [-0.25, -0.2) is 0 Å². The Hall–Kier alpha value is -6.90. The third-order valence-electron chi connectivity index (χ3n) is 19.6. The van der Waals surface area contributed by atoms with Crippen LogP contribution in [0.15, 0.2) is 72.8 Å². The maximum atomic E-state index is 12.6. The number of fused-ring (bicyclic) bond motifs is 4. The number of nitrogens with zero attached hydrogens (tertiary/aromatic N) is 2. The fraction of sp³-hybridized carbons (Fsp3) is 0.529. The minimum Gasteiger partial charge on any atom is -0.466 e. The van der Waals surface area contributed by atoms with Gasteiger partial charge >= 0.3 is 35.8 Å². The van der Waals surface area contributed by atoms with E-state index in [0.717, 1.165) is 186 Å². The van der Waals surface area contributed by atoms with Gasteiger partial charge in [0.1, 0.15) is 11.0 Å². The monoisotopic (exact) mass is 1510 g/mol. The van der Waals surface area contributed by atoms with Crippen molar-refractivity contribution in [3.8, 4) is 62.0 Å². The molecule has 0 saturated heterocycles. The Morgan fingerprint density at radius 2 is 0.654 bits per heavy atom. The summed E-state index contributed by atoms with van der Waals surface area (Å²) < 4.78 is 42.1. The average molecular weight is 1510 g/mol. The van der Waals surface area contributed by atoms with Crippen LogP contribution in [0.4, 0.5) is 0 Å². The van der Waals surface area contributed by atoms with E-state index < -0.39 is 0 Å². The number of aryl methyl sites for hydroxylation is 6. The summed E-state index contributed by atoms with van der Waals surface area (Å²) in [4.78, 5) is 84.6. The Morgan fingerprint density at radius 3 is 1.04 bits per heavy atom. The van der Waals surface area contributed by atoms with Gasteiger partial charge < -0.3 is 28.4 Å². The van der Waals surface area contributed by atoms with Crippen LogP contribution in [0.5, 0.6) is 0 Å². The molecule has 19 heteroatoms. The predicted molar refractivity (Wildman–Crippen MR) is 426 cm³/mol. The Balaban J connectivity index is 1.11. The molecule has 560 valence electrons. The smallest absolute Gasteiger partial charge is 0.305 e. The highest BCUT2D eigenvalue weighted by atomic mass is 32.1. The fourth-order valence-corrected chi connectivity index (χ4v) is 20.4. The lowest BCUT2D eigenvalue weighted by molar-refractivity contribution is -0.144. The molecule has 5 aromatic heterocycles. The lowest BCUT2D eigenvalue weighted by atomic mass is 9.70. The van der Waals surface area contributed by atoms with Gasteiger partial charge in [-0.2, -0.15) is 8.75 Å². The van der Waals surface area contributed by atoms with E-state index in [4.69, 9.17) is 37.2 Å². The van der Waals surface area contributed by atoms with E-state index in [1.807, 2.05) is 86.9 Å². The summed E-state index contributed by atoms with van der Waals surface area (Å²) in [5, 5.41) is 0. The Morgan fingerprint density at radius 1 is 0.337 bits per heavy atom. The maximum Gasteiger partial charge on any atom is 0.305 e. The number of esters is 6. The summed E-state index contributed by atoms with van der Waals surface area (Å²) in [6.45, 7) is 17.8. The molecule has 3 aromatic carbocycles. The fourth-order valence-electron chi connectivity index (χ4n) is 14.7. The molecule has 0 aliphatic heterocycles. The quantitative estimate of drug-likeness (QED) is 0.0199. The molecule has 5 heterocycles. The van der Waals surface area contributed by atoms with Crippen molar-refractivity contribution >= 4 is 104 Å². The largest absolute Gasteiger partial charge is 0.466 e. The number of rotatable bonds is 47. The number of hydrogen-bond donors (Lipinski definition) is 0. The van der Waals surface area contributed by atoms with E-state index in [1.165, 1.54) is 96.6 Å². The van der Waals surface area contributed by atoms with Crippen LogP contribution in [0.2, 0.25) is 0 Å². The number of thiophene rings is 4. The minimum absolute atomic E-state index is 0.134. The first-order chi connectivity index (χ1) is 50.6. The first kappa shape index (κ1) is 81.2. The second-order valence-electron chi connectivity index (χ2n) is 27.3. The minimum atomic E-state index is -0.292. The normalized spacial score (nSPS) is 12.2. The molecular formula is C85H108N2O12S5.